The maximum Gasteiger partial charge on any atom is 0.412 e. The zero-order valence-electron chi connectivity index (χ0n) is 12.4. The number of nitrogens with zero attached hydrogens (tertiary/aromatic N) is 2. The highest BCUT2D eigenvalue weighted by Gasteiger charge is 2.52. The van der Waals surface area contributed by atoms with Crippen molar-refractivity contribution in [1.82, 2.24) is 10.2 Å². The minimum Gasteiger partial charge on any atom is -0.410 e. The van der Waals surface area contributed by atoms with Crippen molar-refractivity contribution >= 4 is 11.8 Å². The predicted molar refractivity (Wildman–Crippen MR) is 78.3 cm³/mol. The first-order chi connectivity index (χ1) is 9.47. The van der Waals surface area contributed by atoms with Crippen molar-refractivity contribution in [3.8, 4) is 5.75 Å². The largest absolute Gasteiger partial charge is 0.412 e. The third kappa shape index (κ3) is 1.69. The molecular formula is C15H21N3O2. The summed E-state index contributed by atoms with van der Waals surface area (Å²) in [6.45, 7) is 3.39. The van der Waals surface area contributed by atoms with Gasteiger partial charge in [-0.2, -0.15) is 0 Å². The number of likely N-dealkylation sites (N-methyl/N-ethyl adjacent to an activating group) is 2. The van der Waals surface area contributed by atoms with Crippen LogP contribution in [0.15, 0.2) is 18.2 Å². The highest BCUT2D eigenvalue weighted by molar-refractivity contribution is 5.72. The van der Waals surface area contributed by atoms with Gasteiger partial charge in [-0.15, -0.1) is 0 Å². The van der Waals surface area contributed by atoms with Crippen LogP contribution in [0, 0.1) is 0 Å². The molecule has 2 heterocycles. The number of hydrogen-bond donors (Lipinski definition) is 1. The molecule has 20 heavy (non-hydrogen) atoms. The lowest BCUT2D eigenvalue weighted by atomic mass is 9.87. The van der Waals surface area contributed by atoms with Crippen LogP contribution in [0.1, 0.15) is 18.9 Å². The zero-order valence-corrected chi connectivity index (χ0v) is 12.4. The van der Waals surface area contributed by atoms with E-state index in [0.29, 0.717) is 11.9 Å². The van der Waals surface area contributed by atoms with Crippen LogP contribution in [0.5, 0.6) is 5.75 Å². The molecule has 1 saturated heterocycles. The van der Waals surface area contributed by atoms with Gasteiger partial charge in [0.2, 0.25) is 0 Å². The molecule has 5 nitrogen and oxygen atoms in total. The molecule has 1 N–H and O–H groups in total. The van der Waals surface area contributed by atoms with Gasteiger partial charge in [-0.3, -0.25) is 4.90 Å². The molecule has 2 atom stereocenters. The van der Waals surface area contributed by atoms with Crippen LogP contribution in [0.3, 0.4) is 0 Å². The summed E-state index contributed by atoms with van der Waals surface area (Å²) in [5.41, 5.74) is 2.60. The van der Waals surface area contributed by atoms with Gasteiger partial charge >= 0.3 is 6.09 Å². The summed E-state index contributed by atoms with van der Waals surface area (Å²) in [6.07, 6.45) is 1.07. The Kier molecular flexibility index (Phi) is 2.90. The Labute approximate surface area is 119 Å². The topological polar surface area (TPSA) is 44.8 Å². The second-order valence-electron chi connectivity index (χ2n) is 5.95. The van der Waals surface area contributed by atoms with E-state index in [4.69, 9.17) is 4.74 Å². The molecule has 0 spiro atoms. The highest BCUT2D eigenvalue weighted by Crippen LogP contribution is 2.51. The van der Waals surface area contributed by atoms with Crippen LogP contribution in [0.25, 0.3) is 0 Å². The molecule has 1 aromatic rings. The highest BCUT2D eigenvalue weighted by atomic mass is 16.5. The summed E-state index contributed by atoms with van der Waals surface area (Å²) in [6, 6.07) is 5.92. The van der Waals surface area contributed by atoms with Crippen molar-refractivity contribution in [3.63, 3.8) is 0 Å². The molecule has 1 aromatic carbocycles. The number of ether oxygens (including phenoxy) is 1. The second kappa shape index (κ2) is 4.38. The first-order valence-electron chi connectivity index (χ1n) is 6.94. The van der Waals surface area contributed by atoms with Gasteiger partial charge in [0.25, 0.3) is 0 Å². The maximum atomic E-state index is 11.4. The van der Waals surface area contributed by atoms with Gasteiger partial charge in [0, 0.05) is 31.7 Å². The van der Waals surface area contributed by atoms with Gasteiger partial charge in [-0.05, 0) is 37.2 Å². The standard InChI is InChI=1S/C15H21N3O2/c1-15-7-8-17(3)13(15)18(4)12-6-5-10(9-11(12)15)20-14(19)16-2/h5-6,9,13H,7-8H2,1-4H3,(H,16,19)/t13-,15-/m1/s1/i1+1. The minimum absolute atomic E-state index is 0.0981. The van der Waals surface area contributed by atoms with Crippen molar-refractivity contribution in [2.75, 3.05) is 32.6 Å². The number of likely N-dealkylation sites (tertiary alicyclic amines) is 1. The summed E-state index contributed by atoms with van der Waals surface area (Å²) >= 11 is 0. The Hall–Kier alpha value is -1.75. The number of carbonyl (C=O) groups is 1. The van der Waals surface area contributed by atoms with E-state index < -0.39 is 6.09 Å². The molecule has 1 fully saturated rings. The van der Waals surface area contributed by atoms with Crippen molar-refractivity contribution in [1.29, 1.82) is 0 Å². The number of carbonyl (C=O) groups excluding carboxylic acids is 1. The Morgan fingerprint density at radius 2 is 2.20 bits per heavy atom. The summed E-state index contributed by atoms with van der Waals surface area (Å²) in [5.74, 6) is 0.605. The Morgan fingerprint density at radius 3 is 2.90 bits per heavy atom. The molecule has 2 aliphatic rings. The van der Waals surface area contributed by atoms with Crippen molar-refractivity contribution in [2.45, 2.75) is 24.9 Å². The van der Waals surface area contributed by atoms with Crippen LogP contribution in [-0.4, -0.2) is 44.8 Å². The molecule has 0 aromatic heterocycles. The normalized spacial score (nSPS) is 28.2. The van der Waals surface area contributed by atoms with Gasteiger partial charge in [0.1, 0.15) is 5.75 Å². The number of amides is 1. The number of benzene rings is 1. The Morgan fingerprint density at radius 1 is 1.45 bits per heavy atom. The van der Waals surface area contributed by atoms with Gasteiger partial charge in [-0.25, -0.2) is 4.79 Å². The fourth-order valence-electron chi connectivity index (χ4n) is 3.78. The van der Waals surface area contributed by atoms with Crippen LogP contribution in [0.4, 0.5) is 10.5 Å². The van der Waals surface area contributed by atoms with Gasteiger partial charge in [0.15, 0.2) is 0 Å². The number of rotatable bonds is 1. The van der Waals surface area contributed by atoms with Crippen molar-refractivity contribution in [3.05, 3.63) is 23.8 Å². The van der Waals surface area contributed by atoms with Crippen LogP contribution in [0.2, 0.25) is 0 Å². The van der Waals surface area contributed by atoms with E-state index >= 15 is 0 Å². The summed E-state index contributed by atoms with van der Waals surface area (Å²) in [4.78, 5) is 16.1. The van der Waals surface area contributed by atoms with E-state index in [1.807, 2.05) is 18.2 Å². The average Bonchev–Trinajstić information content (AvgIpc) is 2.85. The van der Waals surface area contributed by atoms with E-state index in [2.05, 4.69) is 36.1 Å². The van der Waals surface area contributed by atoms with Crippen molar-refractivity contribution < 1.29 is 9.53 Å². The maximum absolute atomic E-state index is 11.4. The molecule has 0 saturated carbocycles. The number of nitrogens with one attached hydrogen (secondary N) is 1. The first-order valence-corrected chi connectivity index (χ1v) is 6.94. The Bertz CT molecular complexity index is 560. The molecule has 0 bridgehead atoms. The molecular weight excluding hydrogens is 255 g/mol. The molecule has 0 radical (unpaired) electrons. The molecule has 3 rings (SSSR count). The van der Waals surface area contributed by atoms with E-state index in [0.717, 1.165) is 13.0 Å². The molecule has 108 valence electrons. The molecule has 0 unspecified atom stereocenters. The second-order valence-corrected chi connectivity index (χ2v) is 5.95. The van der Waals surface area contributed by atoms with E-state index in [1.165, 1.54) is 11.3 Å². The third-order valence-corrected chi connectivity index (χ3v) is 4.72. The lowest BCUT2D eigenvalue weighted by molar-refractivity contribution is 0.203. The minimum atomic E-state index is -0.429. The predicted octanol–water partition coefficient (Wildman–Crippen LogP) is 1.77. The van der Waals surface area contributed by atoms with E-state index in [-0.39, 0.29) is 5.41 Å². The summed E-state index contributed by atoms with van der Waals surface area (Å²) in [7, 11) is 5.86. The van der Waals surface area contributed by atoms with Gasteiger partial charge in [0.05, 0.1) is 6.17 Å². The van der Waals surface area contributed by atoms with Gasteiger partial charge in [-0.1, -0.05) is 6.92 Å². The SMILES string of the molecule is CNC(=O)Oc1ccc2c(c1)[C@@]1([13CH3])CCN(C)[C@@H]1N2C. The smallest absolute Gasteiger partial charge is 0.410 e. The number of hydrogen-bond acceptors (Lipinski definition) is 4. The van der Waals surface area contributed by atoms with Gasteiger partial charge < -0.3 is 15.0 Å². The van der Waals surface area contributed by atoms with Crippen molar-refractivity contribution in [2.24, 2.45) is 0 Å². The molecule has 5 heteroatoms. The first kappa shape index (κ1) is 13.2. The Balaban J connectivity index is 2.00. The lowest BCUT2D eigenvalue weighted by Crippen LogP contribution is -2.45. The third-order valence-electron chi connectivity index (χ3n) is 4.72. The van der Waals surface area contributed by atoms with Crippen LogP contribution < -0.4 is 15.0 Å². The van der Waals surface area contributed by atoms with Crippen LogP contribution >= 0.6 is 0 Å². The molecule has 1 amide bonds. The number of anilines is 1. The summed E-state index contributed by atoms with van der Waals surface area (Å²) in [5, 5.41) is 2.47. The average molecular weight is 276 g/mol. The van der Waals surface area contributed by atoms with E-state index in [1.54, 1.807) is 7.05 Å². The number of fused-ring (bicyclic) bond motifs is 3. The summed E-state index contributed by atoms with van der Waals surface area (Å²) < 4.78 is 5.26. The quantitative estimate of drug-likeness (QED) is 0.794. The fraction of sp³-hybridized carbons (Fsp3) is 0.533. The zero-order chi connectivity index (χ0) is 14.5. The van der Waals surface area contributed by atoms with Crippen LogP contribution in [-0.2, 0) is 5.41 Å². The monoisotopic (exact) mass is 276 g/mol. The van der Waals surface area contributed by atoms with E-state index in [9.17, 15) is 4.79 Å². The lowest BCUT2D eigenvalue weighted by Gasteiger charge is -2.32. The molecule has 2 aliphatic heterocycles. The fourth-order valence-corrected chi connectivity index (χ4v) is 3.78. The molecule has 0 aliphatic carbocycles.